The lowest BCUT2D eigenvalue weighted by atomic mass is 10.4. The fourth-order valence-corrected chi connectivity index (χ4v) is 1.39. The Labute approximate surface area is 100 Å². The molecule has 0 unspecified atom stereocenters. The Hall–Kier alpha value is -0.710. The second kappa shape index (κ2) is 6.71. The van der Waals surface area contributed by atoms with Gasteiger partial charge in [-0.15, -0.1) is 12.4 Å². The summed E-state index contributed by atoms with van der Waals surface area (Å²) in [5.41, 5.74) is 0.575. The van der Waals surface area contributed by atoms with E-state index in [2.05, 4.69) is 10.6 Å². The summed E-state index contributed by atoms with van der Waals surface area (Å²) in [6, 6.07) is 1.65. The SMILES string of the molecule is CNCCNC(=O)c1cc(Cl)cn1C.Cl. The predicted octanol–water partition coefficient (Wildman–Crippen LogP) is 1.05. The third-order valence-electron chi connectivity index (χ3n) is 1.86. The van der Waals surface area contributed by atoms with Crippen molar-refractivity contribution in [3.8, 4) is 0 Å². The monoisotopic (exact) mass is 251 g/mol. The van der Waals surface area contributed by atoms with Crippen LogP contribution in [-0.4, -0.2) is 30.6 Å². The molecular weight excluding hydrogens is 237 g/mol. The molecule has 4 nitrogen and oxygen atoms in total. The van der Waals surface area contributed by atoms with Crippen molar-refractivity contribution in [1.82, 2.24) is 15.2 Å². The van der Waals surface area contributed by atoms with Crippen LogP contribution in [0, 0.1) is 0 Å². The highest BCUT2D eigenvalue weighted by atomic mass is 35.5. The molecule has 1 rings (SSSR count). The molecule has 0 fully saturated rings. The zero-order valence-corrected chi connectivity index (χ0v) is 10.3. The molecule has 0 radical (unpaired) electrons. The Morgan fingerprint density at radius 3 is 2.67 bits per heavy atom. The Morgan fingerprint density at radius 1 is 1.53 bits per heavy atom. The number of amides is 1. The topological polar surface area (TPSA) is 46.1 Å². The summed E-state index contributed by atoms with van der Waals surface area (Å²) < 4.78 is 1.71. The lowest BCUT2D eigenvalue weighted by molar-refractivity contribution is 0.0946. The highest BCUT2D eigenvalue weighted by Gasteiger charge is 2.09. The Bertz CT molecular complexity index is 325. The maximum absolute atomic E-state index is 11.5. The second-order valence-corrected chi connectivity index (χ2v) is 3.45. The maximum atomic E-state index is 11.5. The number of hydrogen-bond acceptors (Lipinski definition) is 2. The minimum Gasteiger partial charge on any atom is -0.349 e. The number of likely N-dealkylation sites (N-methyl/N-ethyl adjacent to an activating group) is 1. The van der Waals surface area contributed by atoms with Crippen molar-refractivity contribution in [2.75, 3.05) is 20.1 Å². The fourth-order valence-electron chi connectivity index (χ4n) is 1.14. The van der Waals surface area contributed by atoms with Gasteiger partial charge in [0.2, 0.25) is 0 Å². The first-order valence-electron chi connectivity index (χ1n) is 4.40. The van der Waals surface area contributed by atoms with E-state index in [1.807, 2.05) is 7.05 Å². The van der Waals surface area contributed by atoms with Gasteiger partial charge in [0.15, 0.2) is 0 Å². The highest BCUT2D eigenvalue weighted by Crippen LogP contribution is 2.12. The number of aromatic nitrogens is 1. The summed E-state index contributed by atoms with van der Waals surface area (Å²) in [6.07, 6.45) is 1.70. The summed E-state index contributed by atoms with van der Waals surface area (Å²) in [4.78, 5) is 11.5. The zero-order chi connectivity index (χ0) is 10.6. The summed E-state index contributed by atoms with van der Waals surface area (Å²) in [6.45, 7) is 1.36. The van der Waals surface area contributed by atoms with E-state index in [-0.39, 0.29) is 18.3 Å². The molecule has 0 spiro atoms. The van der Waals surface area contributed by atoms with Gasteiger partial charge in [0.05, 0.1) is 5.02 Å². The van der Waals surface area contributed by atoms with Crippen LogP contribution in [0.1, 0.15) is 10.5 Å². The summed E-state index contributed by atoms with van der Waals surface area (Å²) in [5, 5.41) is 6.30. The molecule has 86 valence electrons. The molecular formula is C9H15Cl2N3O. The average molecular weight is 252 g/mol. The van der Waals surface area contributed by atoms with Gasteiger partial charge in [-0.25, -0.2) is 0 Å². The van der Waals surface area contributed by atoms with Crippen LogP contribution >= 0.6 is 24.0 Å². The molecule has 0 saturated carbocycles. The van der Waals surface area contributed by atoms with E-state index in [4.69, 9.17) is 11.6 Å². The number of carbonyl (C=O) groups is 1. The van der Waals surface area contributed by atoms with Crippen LogP contribution in [0.15, 0.2) is 12.3 Å². The van der Waals surface area contributed by atoms with Crippen LogP contribution in [0.2, 0.25) is 5.02 Å². The number of nitrogens with zero attached hydrogens (tertiary/aromatic N) is 1. The van der Waals surface area contributed by atoms with Gasteiger partial charge in [0, 0.05) is 26.3 Å². The normalized spacial score (nSPS) is 9.53. The van der Waals surface area contributed by atoms with Gasteiger partial charge >= 0.3 is 0 Å². The van der Waals surface area contributed by atoms with E-state index in [0.717, 1.165) is 6.54 Å². The third-order valence-corrected chi connectivity index (χ3v) is 2.07. The highest BCUT2D eigenvalue weighted by molar-refractivity contribution is 6.31. The predicted molar refractivity (Wildman–Crippen MR) is 63.9 cm³/mol. The zero-order valence-electron chi connectivity index (χ0n) is 8.71. The number of nitrogens with one attached hydrogen (secondary N) is 2. The lowest BCUT2D eigenvalue weighted by Crippen LogP contribution is -2.31. The molecule has 15 heavy (non-hydrogen) atoms. The van der Waals surface area contributed by atoms with E-state index in [1.165, 1.54) is 0 Å². The average Bonchev–Trinajstić information content (AvgIpc) is 2.45. The molecule has 0 aromatic carbocycles. The Balaban J connectivity index is 0.00000196. The van der Waals surface area contributed by atoms with E-state index < -0.39 is 0 Å². The van der Waals surface area contributed by atoms with Crippen LogP contribution in [0.25, 0.3) is 0 Å². The van der Waals surface area contributed by atoms with Crippen LogP contribution in [0.4, 0.5) is 0 Å². The third kappa shape index (κ3) is 4.11. The van der Waals surface area contributed by atoms with Gasteiger partial charge in [-0.05, 0) is 13.1 Å². The maximum Gasteiger partial charge on any atom is 0.267 e. The van der Waals surface area contributed by atoms with Crippen molar-refractivity contribution in [3.05, 3.63) is 23.0 Å². The molecule has 0 aliphatic heterocycles. The van der Waals surface area contributed by atoms with Gasteiger partial charge in [-0.1, -0.05) is 11.6 Å². The van der Waals surface area contributed by atoms with Crippen molar-refractivity contribution in [2.45, 2.75) is 0 Å². The molecule has 0 atom stereocenters. The number of aryl methyl sites for hydroxylation is 1. The van der Waals surface area contributed by atoms with E-state index in [1.54, 1.807) is 23.9 Å². The number of halogens is 2. The van der Waals surface area contributed by atoms with Gasteiger partial charge in [-0.3, -0.25) is 4.79 Å². The molecule has 0 aliphatic rings. The number of carbonyl (C=O) groups excluding carboxylic acids is 1. The van der Waals surface area contributed by atoms with Crippen molar-refractivity contribution in [3.63, 3.8) is 0 Å². The van der Waals surface area contributed by atoms with Crippen LogP contribution in [0.3, 0.4) is 0 Å². The van der Waals surface area contributed by atoms with E-state index in [9.17, 15) is 4.79 Å². The van der Waals surface area contributed by atoms with Crippen molar-refractivity contribution < 1.29 is 4.79 Å². The summed E-state index contributed by atoms with van der Waals surface area (Å²) >= 11 is 5.76. The molecule has 0 aliphatic carbocycles. The van der Waals surface area contributed by atoms with Crippen molar-refractivity contribution in [1.29, 1.82) is 0 Å². The van der Waals surface area contributed by atoms with Gasteiger partial charge in [0.1, 0.15) is 5.69 Å². The van der Waals surface area contributed by atoms with Crippen LogP contribution in [-0.2, 0) is 7.05 Å². The Kier molecular flexibility index (Phi) is 6.40. The van der Waals surface area contributed by atoms with Gasteiger partial charge < -0.3 is 15.2 Å². The summed E-state index contributed by atoms with van der Waals surface area (Å²) in [5.74, 6) is -0.102. The molecule has 1 amide bonds. The first kappa shape index (κ1) is 14.3. The van der Waals surface area contributed by atoms with Gasteiger partial charge in [-0.2, -0.15) is 0 Å². The molecule has 1 aromatic heterocycles. The van der Waals surface area contributed by atoms with E-state index >= 15 is 0 Å². The van der Waals surface area contributed by atoms with E-state index in [0.29, 0.717) is 17.3 Å². The smallest absolute Gasteiger partial charge is 0.267 e. The molecule has 2 N–H and O–H groups in total. The van der Waals surface area contributed by atoms with Gasteiger partial charge in [0.25, 0.3) is 5.91 Å². The lowest BCUT2D eigenvalue weighted by Gasteiger charge is -2.04. The van der Waals surface area contributed by atoms with Crippen molar-refractivity contribution in [2.24, 2.45) is 7.05 Å². The molecule has 0 bridgehead atoms. The quantitative estimate of drug-likeness (QED) is 0.787. The molecule has 1 heterocycles. The minimum atomic E-state index is -0.102. The fraction of sp³-hybridized carbons (Fsp3) is 0.444. The summed E-state index contributed by atoms with van der Waals surface area (Å²) in [7, 11) is 3.63. The standard InChI is InChI=1S/C9H14ClN3O.ClH/c1-11-3-4-12-9(14)8-5-7(10)6-13(8)2;/h5-6,11H,3-4H2,1-2H3,(H,12,14);1H. The van der Waals surface area contributed by atoms with Crippen LogP contribution < -0.4 is 10.6 Å². The molecule has 0 saturated heterocycles. The second-order valence-electron chi connectivity index (χ2n) is 3.01. The van der Waals surface area contributed by atoms with Crippen molar-refractivity contribution >= 4 is 29.9 Å². The first-order chi connectivity index (χ1) is 6.65. The Morgan fingerprint density at radius 2 is 2.20 bits per heavy atom. The number of rotatable bonds is 4. The first-order valence-corrected chi connectivity index (χ1v) is 4.77. The molecule has 6 heteroatoms. The molecule has 1 aromatic rings. The minimum absolute atomic E-state index is 0. The number of hydrogen-bond donors (Lipinski definition) is 2. The largest absolute Gasteiger partial charge is 0.349 e. The van der Waals surface area contributed by atoms with Crippen LogP contribution in [0.5, 0.6) is 0 Å².